The fraction of sp³-hybridized carbons (Fsp3) is 0.231. The number of hydrogen-bond acceptors (Lipinski definition) is 5. The van der Waals surface area contributed by atoms with Crippen LogP contribution in [0.4, 0.5) is 11.5 Å². The van der Waals surface area contributed by atoms with E-state index in [0.717, 1.165) is 6.42 Å². The summed E-state index contributed by atoms with van der Waals surface area (Å²) in [4.78, 5) is 7.93. The van der Waals surface area contributed by atoms with E-state index < -0.39 is 10.0 Å². The van der Waals surface area contributed by atoms with E-state index >= 15 is 0 Å². The molecule has 2 rings (SSSR count). The summed E-state index contributed by atoms with van der Waals surface area (Å²) < 4.78 is 27.1. The maximum Gasteiger partial charge on any atom is 0.265 e. The topological polar surface area (TPSA) is 84.0 Å². The van der Waals surface area contributed by atoms with Gasteiger partial charge in [-0.3, -0.25) is 9.71 Å². The van der Waals surface area contributed by atoms with Crippen molar-refractivity contribution in [2.45, 2.75) is 18.2 Å². The zero-order valence-corrected chi connectivity index (χ0v) is 11.9. The molecular formula is C13H16N4O2S. The zero-order chi connectivity index (χ0) is 14.4. The summed E-state index contributed by atoms with van der Waals surface area (Å²) in [6.07, 6.45) is 5.18. The largest absolute Gasteiger partial charge is 0.384 e. The molecule has 0 atom stereocenters. The van der Waals surface area contributed by atoms with Gasteiger partial charge in [0.2, 0.25) is 0 Å². The van der Waals surface area contributed by atoms with Crippen LogP contribution < -0.4 is 10.0 Å². The molecule has 7 heteroatoms. The maximum atomic E-state index is 12.4. The van der Waals surface area contributed by atoms with E-state index in [-0.39, 0.29) is 10.7 Å². The molecule has 0 unspecified atom stereocenters. The van der Waals surface area contributed by atoms with Crippen molar-refractivity contribution in [2.75, 3.05) is 16.6 Å². The summed E-state index contributed by atoms with van der Waals surface area (Å²) in [5.41, 5.74) is 0.575. The predicted octanol–water partition coefficient (Wildman–Crippen LogP) is 2.10. The first kappa shape index (κ1) is 14.3. The Labute approximate surface area is 118 Å². The molecule has 0 aliphatic heterocycles. The lowest BCUT2D eigenvalue weighted by atomic mass is 10.3. The van der Waals surface area contributed by atoms with Crippen LogP contribution in [0.2, 0.25) is 0 Å². The van der Waals surface area contributed by atoms with Crippen LogP contribution in [0.3, 0.4) is 0 Å². The van der Waals surface area contributed by atoms with E-state index in [0.29, 0.717) is 12.2 Å². The van der Waals surface area contributed by atoms with Crippen molar-refractivity contribution in [1.82, 2.24) is 9.97 Å². The molecule has 6 nitrogen and oxygen atoms in total. The molecular weight excluding hydrogens is 276 g/mol. The van der Waals surface area contributed by atoms with Crippen molar-refractivity contribution in [3.8, 4) is 0 Å². The lowest BCUT2D eigenvalue weighted by Crippen LogP contribution is -2.16. The summed E-state index contributed by atoms with van der Waals surface area (Å²) in [7, 11) is -3.69. The van der Waals surface area contributed by atoms with Crippen LogP contribution in [0.15, 0.2) is 47.8 Å². The fourth-order valence-electron chi connectivity index (χ4n) is 1.65. The molecule has 0 saturated heterocycles. The molecule has 0 fully saturated rings. The lowest BCUT2D eigenvalue weighted by molar-refractivity contribution is 0.601. The molecule has 0 saturated carbocycles. The summed E-state index contributed by atoms with van der Waals surface area (Å²) in [5, 5.41) is 3.10. The van der Waals surface area contributed by atoms with E-state index in [1.165, 1.54) is 18.6 Å². The Morgan fingerprint density at radius 2 is 2.00 bits per heavy atom. The molecule has 0 spiro atoms. The van der Waals surface area contributed by atoms with Gasteiger partial charge >= 0.3 is 0 Å². The molecule has 106 valence electrons. The van der Waals surface area contributed by atoms with Crippen molar-refractivity contribution >= 4 is 21.5 Å². The summed E-state index contributed by atoms with van der Waals surface area (Å²) in [6, 6.07) is 6.76. The number of nitrogens with zero attached hydrogens (tertiary/aromatic N) is 2. The van der Waals surface area contributed by atoms with E-state index in [4.69, 9.17) is 0 Å². The third-order valence-electron chi connectivity index (χ3n) is 2.54. The van der Waals surface area contributed by atoms with Gasteiger partial charge < -0.3 is 5.32 Å². The van der Waals surface area contributed by atoms with Crippen LogP contribution in [0, 0.1) is 0 Å². The Balaban J connectivity index is 2.30. The Kier molecular flexibility index (Phi) is 4.52. The van der Waals surface area contributed by atoms with Crippen LogP contribution in [0.5, 0.6) is 0 Å². The molecule has 1 heterocycles. The van der Waals surface area contributed by atoms with Crippen LogP contribution in [0.1, 0.15) is 13.3 Å². The standard InChI is InChI=1S/C13H16N4O2S/c1-2-7-15-11-5-3-4-6-12(11)20(18,19)17-13-10-14-8-9-16-13/h3-6,8-10,15H,2,7H2,1H3,(H,16,17). The average Bonchev–Trinajstić information content (AvgIpc) is 2.46. The Morgan fingerprint density at radius 3 is 2.70 bits per heavy atom. The van der Waals surface area contributed by atoms with Crippen LogP contribution in [-0.2, 0) is 10.0 Å². The maximum absolute atomic E-state index is 12.4. The predicted molar refractivity (Wildman–Crippen MR) is 78.1 cm³/mol. The van der Waals surface area contributed by atoms with Gasteiger partial charge in [-0.05, 0) is 18.6 Å². The van der Waals surface area contributed by atoms with Gasteiger partial charge in [0.15, 0.2) is 5.82 Å². The van der Waals surface area contributed by atoms with Gasteiger partial charge in [0, 0.05) is 18.9 Å². The average molecular weight is 292 g/mol. The molecule has 0 aliphatic rings. The highest BCUT2D eigenvalue weighted by atomic mass is 32.2. The van der Waals surface area contributed by atoms with E-state index in [1.54, 1.807) is 24.3 Å². The molecule has 0 radical (unpaired) electrons. The number of sulfonamides is 1. The smallest absolute Gasteiger partial charge is 0.265 e. The Morgan fingerprint density at radius 1 is 1.20 bits per heavy atom. The minimum atomic E-state index is -3.69. The quantitative estimate of drug-likeness (QED) is 0.851. The van der Waals surface area contributed by atoms with Crippen LogP contribution in [0.25, 0.3) is 0 Å². The van der Waals surface area contributed by atoms with E-state index in [2.05, 4.69) is 20.0 Å². The second-order valence-corrected chi connectivity index (χ2v) is 5.77. The van der Waals surface area contributed by atoms with E-state index in [9.17, 15) is 8.42 Å². The number of para-hydroxylation sites is 1. The third-order valence-corrected chi connectivity index (χ3v) is 3.96. The van der Waals surface area contributed by atoms with Crippen LogP contribution in [-0.4, -0.2) is 24.9 Å². The highest BCUT2D eigenvalue weighted by molar-refractivity contribution is 7.92. The van der Waals surface area contributed by atoms with Crippen molar-refractivity contribution in [3.05, 3.63) is 42.9 Å². The second-order valence-electron chi connectivity index (χ2n) is 4.12. The highest BCUT2D eigenvalue weighted by Gasteiger charge is 2.18. The van der Waals surface area contributed by atoms with Crippen molar-refractivity contribution in [3.63, 3.8) is 0 Å². The van der Waals surface area contributed by atoms with Gasteiger partial charge in [0.1, 0.15) is 4.90 Å². The molecule has 20 heavy (non-hydrogen) atoms. The summed E-state index contributed by atoms with van der Waals surface area (Å²) in [5.74, 6) is 0.192. The molecule has 1 aromatic carbocycles. The number of hydrogen-bond donors (Lipinski definition) is 2. The minimum Gasteiger partial charge on any atom is -0.384 e. The third kappa shape index (κ3) is 3.45. The molecule has 1 aromatic heterocycles. The monoisotopic (exact) mass is 292 g/mol. The Hall–Kier alpha value is -2.15. The first-order valence-electron chi connectivity index (χ1n) is 6.25. The number of benzene rings is 1. The lowest BCUT2D eigenvalue weighted by Gasteiger charge is -2.12. The first-order chi connectivity index (χ1) is 9.63. The van der Waals surface area contributed by atoms with E-state index in [1.807, 2.05) is 6.92 Å². The number of aromatic nitrogens is 2. The van der Waals surface area contributed by atoms with Crippen molar-refractivity contribution in [1.29, 1.82) is 0 Å². The Bertz CT molecular complexity index is 659. The highest BCUT2D eigenvalue weighted by Crippen LogP contribution is 2.22. The molecule has 2 N–H and O–H groups in total. The second kappa shape index (κ2) is 6.33. The molecule has 0 aliphatic carbocycles. The summed E-state index contributed by atoms with van der Waals surface area (Å²) >= 11 is 0. The zero-order valence-electron chi connectivity index (χ0n) is 11.1. The van der Waals surface area contributed by atoms with Gasteiger partial charge in [-0.2, -0.15) is 0 Å². The van der Waals surface area contributed by atoms with Crippen LogP contribution >= 0.6 is 0 Å². The summed E-state index contributed by atoms with van der Waals surface area (Å²) in [6.45, 7) is 2.72. The van der Waals surface area contributed by atoms with Crippen molar-refractivity contribution in [2.24, 2.45) is 0 Å². The molecule has 0 bridgehead atoms. The van der Waals surface area contributed by atoms with Gasteiger partial charge in [0.25, 0.3) is 10.0 Å². The minimum absolute atomic E-state index is 0.192. The number of anilines is 2. The van der Waals surface area contributed by atoms with Crippen molar-refractivity contribution < 1.29 is 8.42 Å². The SMILES string of the molecule is CCCNc1ccccc1S(=O)(=O)Nc1cnccn1. The first-order valence-corrected chi connectivity index (χ1v) is 7.73. The fourth-order valence-corrected chi connectivity index (χ4v) is 2.83. The molecule has 0 amide bonds. The normalized spacial score (nSPS) is 11.1. The van der Waals surface area contributed by atoms with Gasteiger partial charge in [0.05, 0.1) is 11.9 Å². The van der Waals surface area contributed by atoms with Gasteiger partial charge in [-0.1, -0.05) is 19.1 Å². The molecule has 2 aromatic rings. The van der Waals surface area contributed by atoms with Gasteiger partial charge in [-0.15, -0.1) is 0 Å². The number of nitrogens with one attached hydrogen (secondary N) is 2. The van der Waals surface area contributed by atoms with Gasteiger partial charge in [-0.25, -0.2) is 13.4 Å². The number of rotatable bonds is 6.